The molecule has 27 heavy (non-hydrogen) atoms. The SMILES string of the molecule is COCc1ccc2c3c(C(N)=O)cccc3n(Cc3ccc(F)cc3)c2c1. The number of ether oxygens (including phenoxy) is 1. The number of amides is 1. The molecule has 0 aliphatic rings. The van der Waals surface area contributed by atoms with Crippen LogP contribution >= 0.6 is 0 Å². The first-order chi connectivity index (χ1) is 13.1. The highest BCUT2D eigenvalue weighted by Gasteiger charge is 2.17. The average Bonchev–Trinajstić information content (AvgIpc) is 2.97. The van der Waals surface area contributed by atoms with Crippen LogP contribution < -0.4 is 5.73 Å². The van der Waals surface area contributed by atoms with Crippen LogP contribution in [0.4, 0.5) is 4.39 Å². The summed E-state index contributed by atoms with van der Waals surface area (Å²) in [7, 11) is 1.66. The van der Waals surface area contributed by atoms with Gasteiger partial charge in [0.15, 0.2) is 0 Å². The van der Waals surface area contributed by atoms with E-state index in [1.165, 1.54) is 12.1 Å². The molecule has 0 saturated heterocycles. The van der Waals surface area contributed by atoms with E-state index >= 15 is 0 Å². The number of hydrogen-bond donors (Lipinski definition) is 1. The molecule has 0 unspecified atom stereocenters. The van der Waals surface area contributed by atoms with Gasteiger partial charge in [-0.05, 0) is 41.5 Å². The zero-order chi connectivity index (χ0) is 19.0. The Labute approximate surface area is 156 Å². The minimum Gasteiger partial charge on any atom is -0.380 e. The Morgan fingerprint density at radius 2 is 1.78 bits per heavy atom. The molecule has 0 spiro atoms. The fraction of sp³-hybridized carbons (Fsp3) is 0.136. The third-order valence-electron chi connectivity index (χ3n) is 4.79. The third-order valence-corrected chi connectivity index (χ3v) is 4.79. The molecular formula is C22H19FN2O2. The molecule has 0 radical (unpaired) electrons. The molecule has 0 atom stereocenters. The van der Waals surface area contributed by atoms with E-state index in [2.05, 4.69) is 10.6 Å². The van der Waals surface area contributed by atoms with Gasteiger partial charge in [0.05, 0.1) is 12.1 Å². The topological polar surface area (TPSA) is 57.2 Å². The number of nitrogens with two attached hydrogens (primary N) is 1. The van der Waals surface area contributed by atoms with E-state index in [4.69, 9.17) is 10.5 Å². The largest absolute Gasteiger partial charge is 0.380 e. The molecule has 1 heterocycles. The first kappa shape index (κ1) is 17.2. The fourth-order valence-electron chi connectivity index (χ4n) is 3.59. The Kier molecular flexibility index (Phi) is 4.38. The van der Waals surface area contributed by atoms with Crippen LogP contribution in [-0.2, 0) is 17.9 Å². The van der Waals surface area contributed by atoms with Crippen LogP contribution in [0.1, 0.15) is 21.5 Å². The highest BCUT2D eigenvalue weighted by atomic mass is 19.1. The number of benzene rings is 3. The molecule has 0 aliphatic heterocycles. The normalized spacial score (nSPS) is 11.3. The molecule has 1 aromatic heterocycles. The summed E-state index contributed by atoms with van der Waals surface area (Å²) in [5, 5.41) is 1.80. The van der Waals surface area contributed by atoms with Gasteiger partial charge in [-0.1, -0.05) is 30.3 Å². The smallest absolute Gasteiger partial charge is 0.249 e. The van der Waals surface area contributed by atoms with Gasteiger partial charge in [-0.25, -0.2) is 4.39 Å². The van der Waals surface area contributed by atoms with Crippen molar-refractivity contribution in [1.82, 2.24) is 4.57 Å². The number of primary amides is 1. The molecule has 0 aliphatic carbocycles. The van der Waals surface area contributed by atoms with Gasteiger partial charge in [0.25, 0.3) is 0 Å². The van der Waals surface area contributed by atoms with E-state index < -0.39 is 5.91 Å². The Morgan fingerprint density at radius 1 is 1.04 bits per heavy atom. The minimum atomic E-state index is -0.456. The van der Waals surface area contributed by atoms with Gasteiger partial charge in [0.2, 0.25) is 5.91 Å². The number of carbonyl (C=O) groups excluding carboxylic acids is 1. The molecule has 3 aromatic carbocycles. The second kappa shape index (κ2) is 6.85. The van der Waals surface area contributed by atoms with Gasteiger partial charge in [-0.3, -0.25) is 4.79 Å². The van der Waals surface area contributed by atoms with Gasteiger partial charge < -0.3 is 15.0 Å². The lowest BCUT2D eigenvalue weighted by atomic mass is 10.0. The van der Waals surface area contributed by atoms with Gasteiger partial charge in [0, 0.05) is 35.5 Å². The summed E-state index contributed by atoms with van der Waals surface area (Å²) in [4.78, 5) is 12.0. The van der Waals surface area contributed by atoms with Gasteiger partial charge in [-0.15, -0.1) is 0 Å². The standard InChI is InChI=1S/C22H19FN2O2/c1-27-13-15-7-10-17-20(11-15)25(12-14-5-8-16(23)9-6-14)19-4-2-3-18(21(17)19)22(24)26/h2-11H,12-13H2,1H3,(H2,24,26). The number of halogens is 1. The second-order valence-corrected chi connectivity index (χ2v) is 6.56. The third kappa shape index (κ3) is 3.06. The summed E-state index contributed by atoms with van der Waals surface area (Å²) >= 11 is 0. The number of aromatic nitrogens is 1. The number of carbonyl (C=O) groups is 1. The highest BCUT2D eigenvalue weighted by Crippen LogP contribution is 2.33. The highest BCUT2D eigenvalue weighted by molar-refractivity contribution is 6.17. The molecule has 4 rings (SSSR count). The number of nitrogens with zero attached hydrogens (tertiary/aromatic N) is 1. The van der Waals surface area contributed by atoms with Crippen molar-refractivity contribution in [1.29, 1.82) is 0 Å². The van der Waals surface area contributed by atoms with Crippen molar-refractivity contribution in [2.45, 2.75) is 13.2 Å². The van der Waals surface area contributed by atoms with Crippen molar-refractivity contribution < 1.29 is 13.9 Å². The molecule has 2 N–H and O–H groups in total. The quantitative estimate of drug-likeness (QED) is 0.578. The summed E-state index contributed by atoms with van der Waals surface area (Å²) in [6, 6.07) is 18.0. The Morgan fingerprint density at radius 3 is 2.48 bits per heavy atom. The maximum Gasteiger partial charge on any atom is 0.249 e. The number of fused-ring (bicyclic) bond motifs is 3. The van der Waals surface area contributed by atoms with Gasteiger partial charge >= 0.3 is 0 Å². The second-order valence-electron chi connectivity index (χ2n) is 6.56. The lowest BCUT2D eigenvalue weighted by Crippen LogP contribution is -2.11. The van der Waals surface area contributed by atoms with E-state index in [-0.39, 0.29) is 5.82 Å². The molecule has 1 amide bonds. The van der Waals surface area contributed by atoms with Crippen LogP contribution in [0.2, 0.25) is 0 Å². The van der Waals surface area contributed by atoms with Crippen molar-refractivity contribution in [2.24, 2.45) is 5.73 Å². The monoisotopic (exact) mass is 362 g/mol. The zero-order valence-electron chi connectivity index (χ0n) is 14.9. The first-order valence-corrected chi connectivity index (χ1v) is 8.65. The van der Waals surface area contributed by atoms with Crippen LogP contribution in [0.15, 0.2) is 60.7 Å². The molecule has 0 bridgehead atoms. The van der Waals surface area contributed by atoms with Crippen molar-refractivity contribution in [2.75, 3.05) is 7.11 Å². The molecule has 4 nitrogen and oxygen atoms in total. The van der Waals surface area contributed by atoms with Crippen LogP contribution in [0.25, 0.3) is 21.8 Å². The fourth-order valence-corrected chi connectivity index (χ4v) is 3.59. The summed E-state index contributed by atoms with van der Waals surface area (Å²) < 4.78 is 20.7. The molecule has 5 heteroatoms. The van der Waals surface area contributed by atoms with Crippen LogP contribution in [0, 0.1) is 5.82 Å². The Bertz CT molecular complexity index is 1150. The molecule has 0 fully saturated rings. The summed E-state index contributed by atoms with van der Waals surface area (Å²) in [5.41, 5.74) is 10.0. The number of hydrogen-bond acceptors (Lipinski definition) is 2. The van der Waals surface area contributed by atoms with Gasteiger partial charge in [0.1, 0.15) is 5.82 Å². The lowest BCUT2D eigenvalue weighted by molar-refractivity contribution is 0.100. The predicted molar refractivity (Wildman–Crippen MR) is 104 cm³/mol. The van der Waals surface area contributed by atoms with Crippen molar-refractivity contribution in [3.63, 3.8) is 0 Å². The summed E-state index contributed by atoms with van der Waals surface area (Å²) in [6.07, 6.45) is 0. The Hall–Kier alpha value is -3.18. The van der Waals surface area contributed by atoms with Crippen molar-refractivity contribution in [3.05, 3.63) is 83.2 Å². The summed E-state index contributed by atoms with van der Waals surface area (Å²) in [5.74, 6) is -0.721. The van der Waals surface area contributed by atoms with Crippen LogP contribution in [0.5, 0.6) is 0 Å². The van der Waals surface area contributed by atoms with Crippen molar-refractivity contribution >= 4 is 27.7 Å². The van der Waals surface area contributed by atoms with Crippen LogP contribution in [-0.4, -0.2) is 17.6 Å². The first-order valence-electron chi connectivity index (χ1n) is 8.65. The van der Waals surface area contributed by atoms with Crippen LogP contribution in [0.3, 0.4) is 0 Å². The average molecular weight is 362 g/mol. The van der Waals surface area contributed by atoms with Crippen molar-refractivity contribution in [3.8, 4) is 0 Å². The van der Waals surface area contributed by atoms with E-state index in [9.17, 15) is 9.18 Å². The zero-order valence-corrected chi connectivity index (χ0v) is 14.9. The molecule has 4 aromatic rings. The van der Waals surface area contributed by atoms with E-state index in [0.29, 0.717) is 18.7 Å². The lowest BCUT2D eigenvalue weighted by Gasteiger charge is -2.09. The Balaban J connectivity index is 2.00. The number of rotatable bonds is 5. The maximum atomic E-state index is 13.3. The van der Waals surface area contributed by atoms with E-state index in [1.54, 1.807) is 25.3 Å². The van der Waals surface area contributed by atoms with E-state index in [1.807, 2.05) is 24.3 Å². The molecular weight excluding hydrogens is 343 g/mol. The van der Waals surface area contributed by atoms with E-state index in [0.717, 1.165) is 32.9 Å². The molecule has 0 saturated carbocycles. The number of methoxy groups -OCH3 is 1. The molecule has 136 valence electrons. The maximum absolute atomic E-state index is 13.3. The van der Waals surface area contributed by atoms with Gasteiger partial charge in [-0.2, -0.15) is 0 Å². The summed E-state index contributed by atoms with van der Waals surface area (Å²) in [6.45, 7) is 1.05. The minimum absolute atomic E-state index is 0.264. The predicted octanol–water partition coefficient (Wildman–Crippen LogP) is 4.23.